The summed E-state index contributed by atoms with van der Waals surface area (Å²) >= 11 is 0. The van der Waals surface area contributed by atoms with E-state index >= 15 is 0 Å². The lowest BCUT2D eigenvalue weighted by atomic mass is 9.91. The molecule has 1 atom stereocenters. The van der Waals surface area contributed by atoms with Crippen LogP contribution in [0.3, 0.4) is 0 Å². The molecule has 13 heavy (non-hydrogen) atoms. The number of hydrogen-bond acceptors (Lipinski definition) is 0. The quantitative estimate of drug-likeness (QED) is 0.606. The van der Waals surface area contributed by atoms with Crippen molar-refractivity contribution in [1.82, 2.24) is 0 Å². The Labute approximate surface area is 71.9 Å². The number of halogens is 6. The highest BCUT2D eigenvalue weighted by Crippen LogP contribution is 2.44. The van der Waals surface area contributed by atoms with E-state index in [1.165, 1.54) is 6.92 Å². The predicted molar refractivity (Wildman–Crippen MR) is 35.1 cm³/mol. The molecular formula is C7H10F6. The monoisotopic (exact) mass is 208 g/mol. The summed E-state index contributed by atoms with van der Waals surface area (Å²) in [6.07, 6.45) is -10.6. The van der Waals surface area contributed by atoms with Gasteiger partial charge in [-0.1, -0.05) is 20.3 Å². The Kier molecular flexibility index (Phi) is 3.63. The molecule has 0 aliphatic heterocycles. The summed E-state index contributed by atoms with van der Waals surface area (Å²) in [7, 11) is 0. The van der Waals surface area contributed by atoms with Crippen LogP contribution in [0.25, 0.3) is 0 Å². The highest BCUT2D eigenvalue weighted by atomic mass is 19.4. The molecule has 0 bridgehead atoms. The van der Waals surface area contributed by atoms with E-state index in [9.17, 15) is 26.3 Å². The molecular weight excluding hydrogens is 198 g/mol. The Morgan fingerprint density at radius 3 is 1.31 bits per heavy atom. The first-order valence-electron chi connectivity index (χ1n) is 3.74. The molecule has 0 heterocycles. The first-order valence-corrected chi connectivity index (χ1v) is 3.74. The molecule has 0 radical (unpaired) electrons. The zero-order chi connectivity index (χ0) is 10.9. The summed E-state index contributed by atoms with van der Waals surface area (Å²) in [4.78, 5) is 0. The van der Waals surface area contributed by atoms with E-state index < -0.39 is 24.2 Å². The number of rotatable bonds is 2. The van der Waals surface area contributed by atoms with Crippen LogP contribution in [0, 0.1) is 11.8 Å². The first kappa shape index (κ1) is 12.6. The second-order valence-electron chi connectivity index (χ2n) is 2.95. The summed E-state index contributed by atoms with van der Waals surface area (Å²) in [6.45, 7) is 2.25. The maximum Gasteiger partial charge on any atom is 0.400 e. The zero-order valence-electron chi connectivity index (χ0n) is 7.13. The van der Waals surface area contributed by atoms with Crippen LogP contribution in [0.1, 0.15) is 20.3 Å². The summed E-state index contributed by atoms with van der Waals surface area (Å²) in [5, 5.41) is 0. The van der Waals surface area contributed by atoms with Crippen LogP contribution < -0.4 is 0 Å². The van der Waals surface area contributed by atoms with Crippen molar-refractivity contribution in [3.63, 3.8) is 0 Å². The Bertz CT molecular complexity index is 141. The molecule has 0 aromatic rings. The molecule has 0 N–H and O–H groups in total. The topological polar surface area (TPSA) is 0 Å². The second-order valence-corrected chi connectivity index (χ2v) is 2.95. The molecule has 0 spiro atoms. The van der Waals surface area contributed by atoms with E-state index in [0.29, 0.717) is 0 Å². The molecule has 0 fully saturated rings. The van der Waals surface area contributed by atoms with Gasteiger partial charge < -0.3 is 0 Å². The Morgan fingerprint density at radius 1 is 0.923 bits per heavy atom. The SMILES string of the molecule is CC[C@H](C)C(C(F)(F)F)C(F)(F)F. The van der Waals surface area contributed by atoms with Crippen molar-refractivity contribution in [2.45, 2.75) is 32.6 Å². The van der Waals surface area contributed by atoms with Crippen molar-refractivity contribution in [3.8, 4) is 0 Å². The standard InChI is InChI=1S/C7H10F6/c1-3-4(2)5(6(8,9)10)7(11,12)13/h4-5H,3H2,1-2H3/t4-/m0/s1. The van der Waals surface area contributed by atoms with Gasteiger partial charge in [-0.3, -0.25) is 0 Å². The van der Waals surface area contributed by atoms with Crippen molar-refractivity contribution in [1.29, 1.82) is 0 Å². The Balaban J connectivity index is 4.78. The maximum absolute atomic E-state index is 11.9. The normalized spacial score (nSPS) is 16.4. The van der Waals surface area contributed by atoms with Crippen molar-refractivity contribution in [2.75, 3.05) is 0 Å². The van der Waals surface area contributed by atoms with Gasteiger partial charge in [0.15, 0.2) is 5.92 Å². The molecule has 0 aliphatic carbocycles. The third kappa shape index (κ3) is 3.44. The molecule has 0 saturated heterocycles. The van der Waals surface area contributed by atoms with Crippen LogP contribution in [0.4, 0.5) is 26.3 Å². The van der Waals surface area contributed by atoms with E-state index in [1.807, 2.05) is 0 Å². The van der Waals surface area contributed by atoms with Crippen LogP contribution in [-0.2, 0) is 0 Å². The Morgan fingerprint density at radius 2 is 1.23 bits per heavy atom. The highest BCUT2D eigenvalue weighted by Gasteiger charge is 2.58. The Hall–Kier alpha value is -0.420. The minimum Gasteiger partial charge on any atom is -0.170 e. The lowest BCUT2D eigenvalue weighted by Gasteiger charge is -2.27. The fraction of sp³-hybridized carbons (Fsp3) is 1.00. The number of hydrogen-bond donors (Lipinski definition) is 0. The van der Waals surface area contributed by atoms with Crippen LogP contribution in [0.15, 0.2) is 0 Å². The van der Waals surface area contributed by atoms with Crippen molar-refractivity contribution in [2.24, 2.45) is 11.8 Å². The lowest BCUT2D eigenvalue weighted by Crippen LogP contribution is -2.40. The third-order valence-corrected chi connectivity index (χ3v) is 1.92. The van der Waals surface area contributed by atoms with Gasteiger partial charge >= 0.3 is 12.4 Å². The van der Waals surface area contributed by atoms with E-state index in [1.54, 1.807) is 0 Å². The molecule has 0 aromatic heterocycles. The van der Waals surface area contributed by atoms with Crippen molar-refractivity contribution in [3.05, 3.63) is 0 Å². The molecule has 0 aromatic carbocycles. The molecule has 0 amide bonds. The molecule has 6 heteroatoms. The molecule has 80 valence electrons. The highest BCUT2D eigenvalue weighted by molar-refractivity contribution is 4.79. The van der Waals surface area contributed by atoms with Crippen LogP contribution >= 0.6 is 0 Å². The van der Waals surface area contributed by atoms with Crippen molar-refractivity contribution >= 4 is 0 Å². The van der Waals surface area contributed by atoms with Crippen molar-refractivity contribution < 1.29 is 26.3 Å². The zero-order valence-corrected chi connectivity index (χ0v) is 7.13. The van der Waals surface area contributed by atoms with E-state index in [2.05, 4.69) is 0 Å². The minimum atomic E-state index is -5.20. The van der Waals surface area contributed by atoms with E-state index in [-0.39, 0.29) is 6.42 Å². The molecule has 0 aliphatic rings. The summed E-state index contributed by atoms with van der Waals surface area (Å²) in [6, 6.07) is 0. The van der Waals surface area contributed by atoms with Crippen LogP contribution in [0.2, 0.25) is 0 Å². The van der Waals surface area contributed by atoms with Gasteiger partial charge in [0.1, 0.15) is 0 Å². The average Bonchev–Trinajstić information content (AvgIpc) is 1.80. The van der Waals surface area contributed by atoms with Gasteiger partial charge in [-0.15, -0.1) is 0 Å². The average molecular weight is 208 g/mol. The van der Waals surface area contributed by atoms with Gasteiger partial charge in [0.25, 0.3) is 0 Å². The number of alkyl halides is 6. The molecule has 0 unspecified atom stereocenters. The van der Waals surface area contributed by atoms with Crippen LogP contribution in [0.5, 0.6) is 0 Å². The minimum absolute atomic E-state index is 0.149. The second kappa shape index (κ2) is 3.75. The van der Waals surface area contributed by atoms with Gasteiger partial charge in [0, 0.05) is 0 Å². The molecule has 0 rings (SSSR count). The predicted octanol–water partition coefficient (Wildman–Crippen LogP) is 3.77. The largest absolute Gasteiger partial charge is 0.400 e. The summed E-state index contributed by atoms with van der Waals surface area (Å²) < 4.78 is 71.6. The van der Waals surface area contributed by atoms with E-state index in [0.717, 1.165) is 6.92 Å². The fourth-order valence-corrected chi connectivity index (χ4v) is 1.07. The van der Waals surface area contributed by atoms with Gasteiger partial charge in [0.05, 0.1) is 0 Å². The maximum atomic E-state index is 11.9. The van der Waals surface area contributed by atoms with Gasteiger partial charge in [-0.05, 0) is 5.92 Å². The van der Waals surface area contributed by atoms with Crippen LogP contribution in [-0.4, -0.2) is 12.4 Å². The van der Waals surface area contributed by atoms with Gasteiger partial charge in [-0.2, -0.15) is 26.3 Å². The first-order chi connectivity index (χ1) is 5.60. The van der Waals surface area contributed by atoms with Gasteiger partial charge in [0.2, 0.25) is 0 Å². The van der Waals surface area contributed by atoms with Gasteiger partial charge in [-0.25, -0.2) is 0 Å². The van der Waals surface area contributed by atoms with E-state index in [4.69, 9.17) is 0 Å². The smallest absolute Gasteiger partial charge is 0.170 e. The summed E-state index contributed by atoms with van der Waals surface area (Å²) in [5.74, 6) is -4.63. The fourth-order valence-electron chi connectivity index (χ4n) is 1.07. The molecule has 0 saturated carbocycles. The summed E-state index contributed by atoms with van der Waals surface area (Å²) in [5.41, 5.74) is 0. The molecule has 0 nitrogen and oxygen atoms in total. The third-order valence-electron chi connectivity index (χ3n) is 1.92. The lowest BCUT2D eigenvalue weighted by molar-refractivity contribution is -0.297.